The maximum atomic E-state index is 12.3. The van der Waals surface area contributed by atoms with Crippen molar-refractivity contribution < 1.29 is 27.6 Å². The van der Waals surface area contributed by atoms with E-state index in [0.29, 0.717) is 43.5 Å². The predicted octanol–water partition coefficient (Wildman–Crippen LogP) is 2.99. The summed E-state index contributed by atoms with van der Waals surface area (Å²) in [6, 6.07) is 7.42. The van der Waals surface area contributed by atoms with Crippen LogP contribution in [0, 0.1) is 10.1 Å². The Labute approximate surface area is 184 Å². The molecule has 0 saturated heterocycles. The summed E-state index contributed by atoms with van der Waals surface area (Å²) in [4.78, 5) is 24.8. The normalized spacial score (nSPS) is 14.0. The van der Waals surface area contributed by atoms with Crippen LogP contribution in [0.2, 0.25) is 0 Å². The summed E-state index contributed by atoms with van der Waals surface area (Å²) in [5, 5.41) is 14.0. The molecule has 0 amide bonds. The zero-order chi connectivity index (χ0) is 23.4. The average molecular weight is 465 g/mol. The first-order chi connectivity index (χ1) is 15.8. The van der Waals surface area contributed by atoms with Crippen LogP contribution >= 0.6 is 0 Å². The Morgan fingerprint density at radius 3 is 2.67 bits per heavy atom. The van der Waals surface area contributed by atoms with Gasteiger partial charge in [-0.1, -0.05) is 12.1 Å². The SMILES string of the molecule is O=[N+]([O-])c1cn2c(n1)OCCN(c1ccnc(NCc3ccc(OC(F)(F)F)cc3)n1)CC2. The third kappa shape index (κ3) is 5.78. The van der Waals surface area contributed by atoms with Gasteiger partial charge in [0.1, 0.15) is 24.4 Å². The lowest BCUT2D eigenvalue weighted by molar-refractivity contribution is -0.389. The van der Waals surface area contributed by atoms with Crippen LogP contribution in [0.25, 0.3) is 0 Å². The minimum absolute atomic E-state index is 0.207. The van der Waals surface area contributed by atoms with E-state index >= 15 is 0 Å². The van der Waals surface area contributed by atoms with E-state index in [0.717, 1.165) is 0 Å². The van der Waals surface area contributed by atoms with Crippen molar-refractivity contribution in [2.75, 3.05) is 29.9 Å². The molecular formula is C19H18F3N7O4. The molecule has 14 heteroatoms. The minimum atomic E-state index is -4.74. The summed E-state index contributed by atoms with van der Waals surface area (Å²) >= 11 is 0. The van der Waals surface area contributed by atoms with E-state index in [1.807, 2.05) is 4.90 Å². The molecule has 33 heavy (non-hydrogen) atoms. The third-order valence-corrected chi connectivity index (χ3v) is 4.69. The molecule has 4 rings (SSSR count). The molecule has 1 aromatic carbocycles. The Bertz CT molecular complexity index is 1120. The van der Waals surface area contributed by atoms with Crippen molar-refractivity contribution in [2.24, 2.45) is 0 Å². The van der Waals surface area contributed by atoms with Gasteiger partial charge in [0.25, 0.3) is 0 Å². The van der Waals surface area contributed by atoms with E-state index in [9.17, 15) is 23.3 Å². The van der Waals surface area contributed by atoms with Gasteiger partial charge in [0, 0.05) is 30.8 Å². The zero-order valence-corrected chi connectivity index (χ0v) is 17.0. The van der Waals surface area contributed by atoms with E-state index in [1.54, 1.807) is 16.8 Å². The molecule has 0 fully saturated rings. The number of imidazole rings is 1. The largest absolute Gasteiger partial charge is 0.573 e. The number of ether oxygens (including phenoxy) is 2. The van der Waals surface area contributed by atoms with Gasteiger partial charge in [-0.05, 0) is 28.7 Å². The fourth-order valence-corrected chi connectivity index (χ4v) is 3.17. The zero-order valence-electron chi connectivity index (χ0n) is 17.0. The number of aromatic nitrogens is 4. The molecule has 3 aromatic rings. The fourth-order valence-electron chi connectivity index (χ4n) is 3.17. The van der Waals surface area contributed by atoms with Crippen molar-refractivity contribution in [3.8, 4) is 11.8 Å². The summed E-state index contributed by atoms with van der Waals surface area (Å²) in [5.41, 5.74) is 0.715. The van der Waals surface area contributed by atoms with Gasteiger partial charge in [-0.15, -0.1) is 13.2 Å². The summed E-state index contributed by atoms with van der Waals surface area (Å²) in [6.45, 7) is 1.96. The third-order valence-electron chi connectivity index (χ3n) is 4.69. The van der Waals surface area contributed by atoms with Crippen LogP contribution in [-0.4, -0.2) is 50.5 Å². The van der Waals surface area contributed by atoms with Crippen LogP contribution in [0.3, 0.4) is 0 Å². The predicted molar refractivity (Wildman–Crippen MR) is 109 cm³/mol. The Kier molecular flexibility index (Phi) is 6.15. The molecule has 0 atom stereocenters. The molecule has 0 aliphatic carbocycles. The Morgan fingerprint density at radius 2 is 1.94 bits per heavy atom. The molecule has 1 aliphatic heterocycles. The average Bonchev–Trinajstić information content (AvgIpc) is 3.15. The fraction of sp³-hybridized carbons (Fsp3) is 0.316. The lowest BCUT2D eigenvalue weighted by Crippen LogP contribution is -2.34. The summed E-state index contributed by atoms with van der Waals surface area (Å²) < 4.78 is 47.8. The van der Waals surface area contributed by atoms with Crippen LogP contribution in [-0.2, 0) is 13.1 Å². The lowest BCUT2D eigenvalue weighted by atomic mass is 10.2. The lowest BCUT2D eigenvalue weighted by Gasteiger charge is -2.25. The van der Waals surface area contributed by atoms with Crippen molar-refractivity contribution in [1.29, 1.82) is 0 Å². The van der Waals surface area contributed by atoms with Gasteiger partial charge in [0.2, 0.25) is 5.95 Å². The second-order valence-corrected chi connectivity index (χ2v) is 6.95. The van der Waals surface area contributed by atoms with Crippen molar-refractivity contribution in [2.45, 2.75) is 19.5 Å². The first-order valence-corrected chi connectivity index (χ1v) is 9.78. The number of nitrogens with one attached hydrogen (secondary N) is 1. The number of nitro groups is 1. The number of rotatable bonds is 6. The smallest absolute Gasteiger partial charge is 0.444 e. The van der Waals surface area contributed by atoms with E-state index in [1.165, 1.54) is 30.5 Å². The highest BCUT2D eigenvalue weighted by molar-refractivity contribution is 5.43. The Morgan fingerprint density at radius 1 is 1.15 bits per heavy atom. The standard InChI is InChI=1S/C19H18F3N7O4/c20-19(21,22)33-14-3-1-13(2-4-14)11-24-17-23-6-5-15(25-17)27-7-8-28-12-16(29(30)31)26-18(28)32-10-9-27/h1-6,12H,7-11H2,(H,23,24,25). The number of nitrogens with zero attached hydrogens (tertiary/aromatic N) is 6. The number of fused-ring (bicyclic) bond motifs is 1. The number of anilines is 2. The molecule has 3 heterocycles. The first-order valence-electron chi connectivity index (χ1n) is 9.78. The second-order valence-electron chi connectivity index (χ2n) is 6.95. The van der Waals surface area contributed by atoms with Gasteiger partial charge in [-0.2, -0.15) is 4.98 Å². The topological polar surface area (TPSA) is 120 Å². The summed E-state index contributed by atoms with van der Waals surface area (Å²) in [5.74, 6) is 0.397. The van der Waals surface area contributed by atoms with Gasteiger partial charge in [-0.25, -0.2) is 4.98 Å². The van der Waals surface area contributed by atoms with Gasteiger partial charge in [-0.3, -0.25) is 4.57 Å². The highest BCUT2D eigenvalue weighted by Gasteiger charge is 2.31. The van der Waals surface area contributed by atoms with Crippen molar-refractivity contribution in [3.05, 3.63) is 58.4 Å². The molecule has 0 radical (unpaired) electrons. The van der Waals surface area contributed by atoms with Crippen molar-refractivity contribution in [1.82, 2.24) is 19.5 Å². The van der Waals surface area contributed by atoms with Gasteiger partial charge in [0.05, 0.1) is 6.54 Å². The van der Waals surface area contributed by atoms with Crippen LogP contribution in [0.5, 0.6) is 11.8 Å². The highest BCUT2D eigenvalue weighted by atomic mass is 19.4. The van der Waals surface area contributed by atoms with Crippen LogP contribution in [0.4, 0.5) is 30.8 Å². The molecule has 1 aliphatic rings. The van der Waals surface area contributed by atoms with Gasteiger partial charge >= 0.3 is 18.2 Å². The number of benzene rings is 1. The van der Waals surface area contributed by atoms with Crippen molar-refractivity contribution >= 4 is 17.6 Å². The van der Waals surface area contributed by atoms with E-state index < -0.39 is 11.3 Å². The maximum Gasteiger partial charge on any atom is 0.573 e. The van der Waals surface area contributed by atoms with Crippen LogP contribution in [0.1, 0.15) is 5.56 Å². The number of hydrogen-bond acceptors (Lipinski definition) is 9. The van der Waals surface area contributed by atoms with Gasteiger partial charge < -0.3 is 29.8 Å². The molecule has 0 unspecified atom stereocenters. The monoisotopic (exact) mass is 465 g/mol. The number of halogens is 3. The van der Waals surface area contributed by atoms with Crippen LogP contribution in [0.15, 0.2) is 42.7 Å². The van der Waals surface area contributed by atoms with Gasteiger partial charge in [0.15, 0.2) is 0 Å². The Balaban J connectivity index is 1.38. The molecule has 0 saturated carbocycles. The van der Waals surface area contributed by atoms with E-state index in [2.05, 4.69) is 25.0 Å². The molecule has 2 aromatic heterocycles. The summed E-state index contributed by atoms with van der Waals surface area (Å²) in [7, 11) is 0. The molecule has 174 valence electrons. The van der Waals surface area contributed by atoms with Crippen molar-refractivity contribution in [3.63, 3.8) is 0 Å². The molecule has 11 nitrogen and oxygen atoms in total. The van der Waals surface area contributed by atoms with Crippen LogP contribution < -0.4 is 19.7 Å². The second kappa shape index (κ2) is 9.18. The van der Waals surface area contributed by atoms with E-state index in [-0.39, 0.29) is 24.2 Å². The quantitative estimate of drug-likeness (QED) is 0.433. The number of alkyl halides is 3. The maximum absolute atomic E-state index is 12.3. The molecule has 1 N–H and O–H groups in total. The summed E-state index contributed by atoms with van der Waals surface area (Å²) in [6.07, 6.45) is -1.82. The molecular weight excluding hydrogens is 447 g/mol. The first kappa shape index (κ1) is 22.1. The highest BCUT2D eigenvalue weighted by Crippen LogP contribution is 2.23. The Hall–Kier alpha value is -4.10. The minimum Gasteiger partial charge on any atom is -0.444 e. The van der Waals surface area contributed by atoms with E-state index in [4.69, 9.17) is 4.74 Å². The molecule has 0 bridgehead atoms. The number of hydrogen-bond donors (Lipinski definition) is 1. The molecule has 0 spiro atoms.